The van der Waals surface area contributed by atoms with E-state index < -0.39 is 0 Å². The van der Waals surface area contributed by atoms with Gasteiger partial charge in [-0.25, -0.2) is 15.0 Å². The van der Waals surface area contributed by atoms with E-state index in [0.717, 1.165) is 16.3 Å². The second-order valence-electron chi connectivity index (χ2n) is 4.83. The van der Waals surface area contributed by atoms with Crippen molar-refractivity contribution in [2.24, 2.45) is 0 Å². The molecule has 6 heteroatoms. The van der Waals surface area contributed by atoms with Crippen LogP contribution in [0.3, 0.4) is 0 Å². The molecule has 0 unspecified atom stereocenters. The maximum atomic E-state index is 6.15. The first kappa shape index (κ1) is 11.7. The minimum atomic E-state index is 0.373. The highest BCUT2D eigenvalue weighted by Gasteiger charge is 2.12. The maximum absolute atomic E-state index is 6.15. The Morgan fingerprint density at radius 3 is 2.48 bits per heavy atom. The number of hydrogen-bond acceptors (Lipinski definition) is 5. The number of anilines is 2. The summed E-state index contributed by atoms with van der Waals surface area (Å²) < 4.78 is 0. The van der Waals surface area contributed by atoms with Gasteiger partial charge in [0.1, 0.15) is 17.7 Å². The number of benzene rings is 2. The van der Waals surface area contributed by atoms with Crippen molar-refractivity contribution in [3.05, 3.63) is 42.7 Å². The Hall–Kier alpha value is -3.15. The molecule has 0 amide bonds. The minimum Gasteiger partial charge on any atom is -0.398 e. The number of rotatable bonds is 1. The van der Waals surface area contributed by atoms with Crippen molar-refractivity contribution in [2.45, 2.75) is 0 Å². The minimum absolute atomic E-state index is 0.373. The van der Waals surface area contributed by atoms with E-state index in [2.05, 4.69) is 19.9 Å². The molecule has 0 fully saturated rings. The Morgan fingerprint density at radius 2 is 1.71 bits per heavy atom. The van der Waals surface area contributed by atoms with Crippen LogP contribution in [0, 0.1) is 0 Å². The van der Waals surface area contributed by atoms with E-state index in [-0.39, 0.29) is 0 Å². The third-order valence-corrected chi connectivity index (χ3v) is 3.49. The second-order valence-corrected chi connectivity index (χ2v) is 4.83. The fourth-order valence-corrected chi connectivity index (χ4v) is 2.44. The molecule has 0 aliphatic heterocycles. The van der Waals surface area contributed by atoms with Crippen molar-refractivity contribution in [3.8, 4) is 11.4 Å². The van der Waals surface area contributed by atoms with E-state index in [9.17, 15) is 0 Å². The Bertz CT molecular complexity index is 972. The van der Waals surface area contributed by atoms with Crippen molar-refractivity contribution in [3.63, 3.8) is 0 Å². The van der Waals surface area contributed by atoms with E-state index in [1.165, 1.54) is 6.33 Å². The Balaban J connectivity index is 1.99. The first-order valence-corrected chi connectivity index (χ1v) is 6.47. The summed E-state index contributed by atoms with van der Waals surface area (Å²) in [7, 11) is 0. The van der Waals surface area contributed by atoms with Crippen molar-refractivity contribution >= 4 is 33.4 Å². The SMILES string of the molecule is Nc1cc2ccccc2cc1-c1nc2ncnc(N)c2[nH]1. The molecule has 0 aliphatic carbocycles. The summed E-state index contributed by atoms with van der Waals surface area (Å²) in [5, 5.41) is 2.19. The number of imidazole rings is 1. The van der Waals surface area contributed by atoms with Gasteiger partial charge in [0.25, 0.3) is 0 Å². The van der Waals surface area contributed by atoms with Gasteiger partial charge in [-0.3, -0.25) is 0 Å². The highest BCUT2D eigenvalue weighted by Crippen LogP contribution is 2.30. The van der Waals surface area contributed by atoms with E-state index in [1.807, 2.05) is 36.4 Å². The Kier molecular flexibility index (Phi) is 2.32. The van der Waals surface area contributed by atoms with Crippen LogP contribution < -0.4 is 11.5 Å². The van der Waals surface area contributed by atoms with Crippen LogP contribution in [0.1, 0.15) is 0 Å². The lowest BCUT2D eigenvalue weighted by molar-refractivity contribution is 1.21. The number of nitrogens with zero attached hydrogens (tertiary/aromatic N) is 3. The molecule has 21 heavy (non-hydrogen) atoms. The first-order chi connectivity index (χ1) is 10.2. The van der Waals surface area contributed by atoms with Gasteiger partial charge in [0.05, 0.1) is 0 Å². The predicted molar refractivity (Wildman–Crippen MR) is 83.5 cm³/mol. The van der Waals surface area contributed by atoms with Gasteiger partial charge in [0.2, 0.25) is 0 Å². The number of hydrogen-bond donors (Lipinski definition) is 3. The summed E-state index contributed by atoms with van der Waals surface area (Å²) in [5.41, 5.74) is 14.6. The zero-order valence-electron chi connectivity index (χ0n) is 11.0. The second kappa shape index (κ2) is 4.17. The molecular weight excluding hydrogens is 264 g/mol. The van der Waals surface area contributed by atoms with Crippen molar-refractivity contribution < 1.29 is 0 Å². The largest absolute Gasteiger partial charge is 0.398 e. The molecule has 6 nitrogen and oxygen atoms in total. The van der Waals surface area contributed by atoms with Crippen LogP contribution in [0.4, 0.5) is 11.5 Å². The third kappa shape index (κ3) is 1.77. The molecule has 0 saturated heterocycles. The lowest BCUT2D eigenvalue weighted by atomic mass is 10.0. The number of H-pyrrole nitrogens is 1. The summed E-state index contributed by atoms with van der Waals surface area (Å²) >= 11 is 0. The number of nitrogens with one attached hydrogen (secondary N) is 1. The molecule has 0 bridgehead atoms. The molecule has 4 rings (SSSR count). The lowest BCUT2D eigenvalue weighted by Gasteiger charge is -2.05. The van der Waals surface area contributed by atoms with Crippen molar-refractivity contribution in [2.75, 3.05) is 11.5 Å². The topological polar surface area (TPSA) is 106 Å². The molecule has 4 aromatic rings. The molecular formula is C15H12N6. The van der Waals surface area contributed by atoms with Gasteiger partial charge in [-0.15, -0.1) is 0 Å². The third-order valence-electron chi connectivity index (χ3n) is 3.49. The average Bonchev–Trinajstić information content (AvgIpc) is 2.92. The van der Waals surface area contributed by atoms with Gasteiger partial charge in [0, 0.05) is 11.3 Å². The van der Waals surface area contributed by atoms with Crippen LogP contribution in [0.5, 0.6) is 0 Å². The molecule has 102 valence electrons. The number of fused-ring (bicyclic) bond motifs is 2. The molecule has 0 saturated carbocycles. The summed E-state index contributed by atoms with van der Waals surface area (Å²) in [6, 6.07) is 12.0. The summed E-state index contributed by atoms with van der Waals surface area (Å²) in [5.74, 6) is 1.01. The standard InChI is InChI=1S/C15H12N6/c16-11-6-9-4-2-1-3-8(9)5-10(11)14-20-12-13(17)18-7-19-15(12)21-14/h1-7H,16H2,(H3,17,18,19,20,21). The number of nitrogen functional groups attached to an aromatic ring is 2. The van der Waals surface area contributed by atoms with Crippen LogP contribution in [0.2, 0.25) is 0 Å². The van der Waals surface area contributed by atoms with Gasteiger partial charge < -0.3 is 16.5 Å². The van der Waals surface area contributed by atoms with Gasteiger partial charge in [-0.05, 0) is 22.9 Å². The number of nitrogens with two attached hydrogens (primary N) is 2. The molecule has 0 atom stereocenters. The highest BCUT2D eigenvalue weighted by atomic mass is 15.0. The van der Waals surface area contributed by atoms with Crippen molar-refractivity contribution in [1.82, 2.24) is 19.9 Å². The fraction of sp³-hybridized carbons (Fsp3) is 0. The van der Waals surface area contributed by atoms with Crippen LogP contribution in [-0.2, 0) is 0 Å². The lowest BCUT2D eigenvalue weighted by Crippen LogP contribution is -1.92. The molecule has 2 aromatic heterocycles. The molecule has 5 N–H and O–H groups in total. The zero-order valence-corrected chi connectivity index (χ0v) is 11.0. The van der Waals surface area contributed by atoms with Crippen LogP contribution in [-0.4, -0.2) is 19.9 Å². The van der Waals surface area contributed by atoms with E-state index in [4.69, 9.17) is 11.5 Å². The van der Waals surface area contributed by atoms with E-state index in [1.54, 1.807) is 0 Å². The molecule has 2 aromatic carbocycles. The smallest absolute Gasteiger partial charge is 0.183 e. The van der Waals surface area contributed by atoms with Gasteiger partial charge >= 0.3 is 0 Å². The molecule has 2 heterocycles. The van der Waals surface area contributed by atoms with Crippen LogP contribution in [0.25, 0.3) is 33.3 Å². The zero-order chi connectivity index (χ0) is 14.4. The molecule has 0 radical (unpaired) electrons. The van der Waals surface area contributed by atoms with Gasteiger partial charge in [-0.1, -0.05) is 24.3 Å². The highest BCUT2D eigenvalue weighted by molar-refractivity contribution is 5.94. The van der Waals surface area contributed by atoms with Crippen LogP contribution in [0.15, 0.2) is 42.7 Å². The normalized spacial score (nSPS) is 11.2. The number of aromatic amines is 1. The summed E-state index contributed by atoms with van der Waals surface area (Å²) in [4.78, 5) is 15.6. The molecule has 0 spiro atoms. The van der Waals surface area contributed by atoms with E-state index in [0.29, 0.717) is 28.5 Å². The molecule has 0 aliphatic rings. The van der Waals surface area contributed by atoms with Gasteiger partial charge in [0.15, 0.2) is 11.5 Å². The van der Waals surface area contributed by atoms with Gasteiger partial charge in [-0.2, -0.15) is 0 Å². The summed E-state index contributed by atoms with van der Waals surface area (Å²) in [6.45, 7) is 0. The first-order valence-electron chi connectivity index (χ1n) is 6.47. The van der Waals surface area contributed by atoms with Crippen molar-refractivity contribution in [1.29, 1.82) is 0 Å². The monoisotopic (exact) mass is 276 g/mol. The Morgan fingerprint density at radius 1 is 0.952 bits per heavy atom. The summed E-state index contributed by atoms with van der Waals surface area (Å²) in [6.07, 6.45) is 1.39. The van der Waals surface area contributed by atoms with E-state index >= 15 is 0 Å². The number of aromatic nitrogens is 4. The maximum Gasteiger partial charge on any atom is 0.183 e. The van der Waals surface area contributed by atoms with Crippen LogP contribution >= 0.6 is 0 Å². The predicted octanol–water partition coefficient (Wildman–Crippen LogP) is 2.34. The fourth-order valence-electron chi connectivity index (χ4n) is 2.44. The quantitative estimate of drug-likeness (QED) is 0.462. The average molecular weight is 276 g/mol. The Labute approximate surface area is 119 Å².